The third-order valence-corrected chi connectivity index (χ3v) is 4.76. The lowest BCUT2D eigenvalue weighted by molar-refractivity contribution is 0.738. The summed E-state index contributed by atoms with van der Waals surface area (Å²) in [6.45, 7) is 2.12. The van der Waals surface area contributed by atoms with E-state index in [9.17, 15) is 0 Å². The van der Waals surface area contributed by atoms with Crippen LogP contribution >= 0.6 is 39.7 Å². The van der Waals surface area contributed by atoms with Crippen LogP contribution in [0.5, 0.6) is 0 Å². The minimum absolute atomic E-state index is 0.144. The van der Waals surface area contributed by atoms with E-state index in [1.165, 1.54) is 0 Å². The molecule has 0 spiro atoms. The van der Waals surface area contributed by atoms with E-state index in [4.69, 9.17) is 29.6 Å². The average Bonchev–Trinajstić information content (AvgIpc) is 2.46. The molecule has 1 unspecified atom stereocenters. The molecular weight excluding hydrogens is 368 g/mol. The van der Waals surface area contributed by atoms with Crippen molar-refractivity contribution in [2.75, 3.05) is 11.9 Å². The molecule has 0 heterocycles. The Hall–Kier alpha value is -1.10. The first kappa shape index (κ1) is 16.3. The number of hydrogen-bond acceptors (Lipinski definition) is 2. The summed E-state index contributed by atoms with van der Waals surface area (Å²) in [4.78, 5) is 2.55. The van der Waals surface area contributed by atoms with Crippen molar-refractivity contribution in [3.05, 3.63) is 63.1 Å². The summed E-state index contributed by atoms with van der Waals surface area (Å²) in [5, 5.41) is 0.771. The van der Waals surface area contributed by atoms with Gasteiger partial charge in [-0.3, -0.25) is 0 Å². The largest absolute Gasteiger partial charge is 0.389 e. The van der Waals surface area contributed by atoms with Gasteiger partial charge in [0.15, 0.2) is 0 Å². The molecule has 21 heavy (non-hydrogen) atoms. The molecule has 2 nitrogen and oxygen atoms in total. The number of benzene rings is 2. The normalized spacial score (nSPS) is 12.0. The quantitative estimate of drug-likeness (QED) is 0.759. The molecule has 110 valence electrons. The summed E-state index contributed by atoms with van der Waals surface area (Å²) in [5.74, 6) is 0. The van der Waals surface area contributed by atoms with Gasteiger partial charge in [0.2, 0.25) is 0 Å². The highest BCUT2D eigenvalue weighted by molar-refractivity contribution is 9.10. The molecule has 0 aromatic heterocycles. The predicted molar refractivity (Wildman–Crippen MR) is 98.3 cm³/mol. The number of nitrogens with zero attached hydrogens (tertiary/aromatic N) is 1. The van der Waals surface area contributed by atoms with Crippen LogP contribution in [0.4, 0.5) is 5.69 Å². The Labute approximate surface area is 144 Å². The minimum atomic E-state index is 0.144. The van der Waals surface area contributed by atoms with Crippen LogP contribution in [0.1, 0.15) is 24.1 Å². The Kier molecular flexibility index (Phi) is 5.25. The van der Waals surface area contributed by atoms with E-state index in [1.54, 1.807) is 0 Å². The zero-order valence-corrected chi connectivity index (χ0v) is 15.0. The monoisotopic (exact) mass is 382 g/mol. The summed E-state index contributed by atoms with van der Waals surface area (Å²) < 4.78 is 0.953. The molecule has 0 amide bonds. The first-order valence-electron chi connectivity index (χ1n) is 6.48. The van der Waals surface area contributed by atoms with Crippen molar-refractivity contribution in [1.82, 2.24) is 0 Å². The lowest BCUT2D eigenvalue weighted by Crippen LogP contribution is -2.22. The van der Waals surface area contributed by atoms with Crippen molar-refractivity contribution in [2.24, 2.45) is 5.73 Å². The molecule has 0 saturated carbocycles. The van der Waals surface area contributed by atoms with Crippen LogP contribution in [-0.2, 0) is 0 Å². The maximum absolute atomic E-state index is 6.29. The van der Waals surface area contributed by atoms with Gasteiger partial charge in [0.25, 0.3) is 0 Å². The van der Waals surface area contributed by atoms with Crippen molar-refractivity contribution >= 4 is 50.4 Å². The van der Waals surface area contributed by atoms with Crippen LogP contribution in [0.3, 0.4) is 0 Å². The van der Waals surface area contributed by atoms with Crippen LogP contribution in [0.2, 0.25) is 5.02 Å². The van der Waals surface area contributed by atoms with Crippen LogP contribution < -0.4 is 10.6 Å². The summed E-state index contributed by atoms with van der Waals surface area (Å²) >= 11 is 14.9. The van der Waals surface area contributed by atoms with Crippen molar-refractivity contribution in [1.29, 1.82) is 0 Å². The molecule has 2 rings (SSSR count). The van der Waals surface area contributed by atoms with Gasteiger partial charge in [-0.1, -0.05) is 42.0 Å². The molecule has 0 aliphatic rings. The molecule has 5 heteroatoms. The third kappa shape index (κ3) is 3.57. The summed E-state index contributed by atoms with van der Waals surface area (Å²) in [6.07, 6.45) is 0. The second-order valence-electron chi connectivity index (χ2n) is 4.84. The smallest absolute Gasteiger partial charge is 0.104 e. The fourth-order valence-corrected chi connectivity index (χ4v) is 3.26. The van der Waals surface area contributed by atoms with Crippen molar-refractivity contribution in [3.63, 3.8) is 0 Å². The second kappa shape index (κ2) is 6.77. The van der Waals surface area contributed by atoms with Gasteiger partial charge in [0.05, 0.1) is 11.7 Å². The lowest BCUT2D eigenvalue weighted by Gasteiger charge is -2.29. The molecule has 0 fully saturated rings. The van der Waals surface area contributed by atoms with Crippen molar-refractivity contribution < 1.29 is 0 Å². The number of hydrogen-bond donors (Lipinski definition) is 1. The predicted octanol–water partition coefficient (Wildman–Crippen LogP) is 4.93. The number of halogens is 2. The second-order valence-corrected chi connectivity index (χ2v) is 6.54. The van der Waals surface area contributed by atoms with E-state index in [0.29, 0.717) is 4.99 Å². The Morgan fingerprint density at radius 3 is 2.52 bits per heavy atom. The van der Waals surface area contributed by atoms with Crippen LogP contribution in [0, 0.1) is 0 Å². The van der Waals surface area contributed by atoms with Crippen molar-refractivity contribution in [3.8, 4) is 0 Å². The van der Waals surface area contributed by atoms with Crippen molar-refractivity contribution in [2.45, 2.75) is 13.0 Å². The van der Waals surface area contributed by atoms with Crippen LogP contribution in [-0.4, -0.2) is 12.0 Å². The maximum Gasteiger partial charge on any atom is 0.104 e. The highest BCUT2D eigenvalue weighted by Crippen LogP contribution is 2.34. The summed E-state index contributed by atoms with van der Waals surface area (Å²) in [6, 6.07) is 13.9. The zero-order valence-electron chi connectivity index (χ0n) is 11.8. The number of rotatable bonds is 4. The van der Waals surface area contributed by atoms with Gasteiger partial charge >= 0.3 is 0 Å². The molecule has 2 N–H and O–H groups in total. The molecule has 0 saturated heterocycles. The van der Waals surface area contributed by atoms with Gasteiger partial charge in [0, 0.05) is 22.1 Å². The Morgan fingerprint density at radius 1 is 1.29 bits per heavy atom. The van der Waals surface area contributed by atoms with E-state index in [2.05, 4.69) is 27.8 Å². The molecule has 0 radical (unpaired) electrons. The van der Waals surface area contributed by atoms with E-state index < -0.39 is 0 Å². The van der Waals surface area contributed by atoms with Gasteiger partial charge in [-0.15, -0.1) is 0 Å². The first-order valence-corrected chi connectivity index (χ1v) is 8.06. The highest BCUT2D eigenvalue weighted by atomic mass is 79.9. The fraction of sp³-hybridized carbons (Fsp3) is 0.188. The lowest BCUT2D eigenvalue weighted by atomic mass is 10.1. The topological polar surface area (TPSA) is 29.3 Å². The van der Waals surface area contributed by atoms with E-state index in [-0.39, 0.29) is 6.04 Å². The maximum atomic E-state index is 6.29. The number of nitrogens with two attached hydrogens (primary N) is 1. The minimum Gasteiger partial charge on any atom is -0.389 e. The van der Waals surface area contributed by atoms with Gasteiger partial charge in [-0.05, 0) is 52.7 Å². The van der Waals surface area contributed by atoms with Gasteiger partial charge in [0.1, 0.15) is 4.99 Å². The van der Waals surface area contributed by atoms with E-state index in [1.807, 2.05) is 49.5 Å². The molecule has 0 bridgehead atoms. The summed E-state index contributed by atoms with van der Waals surface area (Å²) in [5.41, 5.74) is 8.65. The van der Waals surface area contributed by atoms with Gasteiger partial charge < -0.3 is 10.6 Å². The fourth-order valence-electron chi connectivity index (χ4n) is 2.18. The molecule has 2 aromatic carbocycles. The molecular formula is C16H16BrClN2S. The van der Waals surface area contributed by atoms with Crippen LogP contribution in [0.25, 0.3) is 0 Å². The van der Waals surface area contributed by atoms with Gasteiger partial charge in [-0.25, -0.2) is 0 Å². The Bertz CT molecular complexity index is 675. The molecule has 0 aliphatic carbocycles. The van der Waals surface area contributed by atoms with E-state index >= 15 is 0 Å². The van der Waals surface area contributed by atoms with Gasteiger partial charge in [-0.2, -0.15) is 0 Å². The number of thiocarbonyl (C=S) groups is 1. The molecule has 0 aliphatic heterocycles. The SMILES string of the molecule is CC(c1ccccc1Cl)N(C)c1ccc(C(N)=S)cc1Br. The van der Waals surface area contributed by atoms with E-state index in [0.717, 1.165) is 26.3 Å². The first-order chi connectivity index (χ1) is 9.91. The van der Waals surface area contributed by atoms with Crippen LogP contribution in [0.15, 0.2) is 46.9 Å². The standard InChI is InChI=1S/C16H16BrClN2S/c1-10(12-5-3-4-6-14(12)18)20(2)15-8-7-11(16(19)21)9-13(15)17/h3-10H,1-2H3,(H2,19,21). The zero-order chi connectivity index (χ0) is 15.6. The number of anilines is 1. The summed E-state index contributed by atoms with van der Waals surface area (Å²) in [7, 11) is 2.04. The third-order valence-electron chi connectivity index (χ3n) is 3.55. The highest BCUT2D eigenvalue weighted by Gasteiger charge is 2.17. The molecule has 2 aromatic rings. The average molecular weight is 384 g/mol. The Morgan fingerprint density at radius 2 is 1.95 bits per heavy atom. The molecule has 1 atom stereocenters. The Balaban J connectivity index is 2.34.